The molecule has 1 unspecified atom stereocenters. The van der Waals surface area contributed by atoms with Gasteiger partial charge in [0.2, 0.25) is 5.76 Å². The number of carboxylic acids is 1. The Morgan fingerprint density at radius 2 is 2.05 bits per heavy atom. The lowest BCUT2D eigenvalue weighted by Gasteiger charge is -2.13. The van der Waals surface area contributed by atoms with Gasteiger partial charge >= 0.3 is 5.97 Å². The third kappa shape index (κ3) is 3.49. The van der Waals surface area contributed by atoms with E-state index in [0.717, 1.165) is 10.0 Å². The highest BCUT2D eigenvalue weighted by atomic mass is 79.9. The summed E-state index contributed by atoms with van der Waals surface area (Å²) in [5.74, 6) is -0.392. The molecule has 2 aromatic rings. The van der Waals surface area contributed by atoms with Crippen molar-refractivity contribution in [1.82, 2.24) is 5.32 Å². The molecule has 1 heterocycles. The van der Waals surface area contributed by atoms with Crippen molar-refractivity contribution in [3.05, 3.63) is 57.5 Å². The molecular formula is C15H16BrNO3. The Kier molecular flexibility index (Phi) is 4.62. The first-order valence-corrected chi connectivity index (χ1v) is 7.08. The number of carboxylic acid groups (broad SMARTS) is 1. The van der Waals surface area contributed by atoms with Gasteiger partial charge in [0, 0.05) is 16.1 Å². The summed E-state index contributed by atoms with van der Waals surface area (Å²) in [7, 11) is 0. The number of aromatic carboxylic acids is 1. The molecule has 1 aromatic heterocycles. The molecule has 0 aliphatic heterocycles. The van der Waals surface area contributed by atoms with Crippen molar-refractivity contribution in [2.75, 3.05) is 0 Å². The standard InChI is InChI=1S/C15H16BrNO3/c1-9-7-13(20-14(9)15(18)19)8-17-10(2)11-3-5-12(16)6-4-11/h3-7,10,17H,8H2,1-2H3,(H,18,19). The predicted octanol–water partition coefficient (Wildman–Crippen LogP) is 3.90. The van der Waals surface area contributed by atoms with Gasteiger partial charge in [-0.05, 0) is 37.6 Å². The van der Waals surface area contributed by atoms with Crippen molar-refractivity contribution < 1.29 is 14.3 Å². The third-order valence-corrected chi connectivity index (χ3v) is 3.64. The van der Waals surface area contributed by atoms with Crippen LogP contribution in [0.1, 0.15) is 40.4 Å². The molecule has 0 amide bonds. The topological polar surface area (TPSA) is 62.5 Å². The van der Waals surface area contributed by atoms with Gasteiger partial charge in [-0.3, -0.25) is 0 Å². The van der Waals surface area contributed by atoms with Crippen molar-refractivity contribution in [1.29, 1.82) is 0 Å². The number of aryl methyl sites for hydroxylation is 1. The number of nitrogens with one attached hydrogen (secondary N) is 1. The average molecular weight is 338 g/mol. The first-order valence-electron chi connectivity index (χ1n) is 6.29. The first kappa shape index (κ1) is 14.8. The van der Waals surface area contributed by atoms with Gasteiger partial charge in [0.05, 0.1) is 6.54 Å². The molecule has 0 radical (unpaired) electrons. The molecule has 106 valence electrons. The molecule has 0 saturated carbocycles. The predicted molar refractivity (Wildman–Crippen MR) is 79.8 cm³/mol. The third-order valence-electron chi connectivity index (χ3n) is 3.12. The smallest absolute Gasteiger partial charge is 0.372 e. The zero-order valence-corrected chi connectivity index (χ0v) is 12.9. The highest BCUT2D eigenvalue weighted by molar-refractivity contribution is 9.10. The summed E-state index contributed by atoms with van der Waals surface area (Å²) >= 11 is 3.40. The van der Waals surface area contributed by atoms with Crippen molar-refractivity contribution >= 4 is 21.9 Å². The highest BCUT2D eigenvalue weighted by Crippen LogP contribution is 2.18. The minimum absolute atomic E-state index is 0.0121. The van der Waals surface area contributed by atoms with Crippen LogP contribution in [-0.4, -0.2) is 11.1 Å². The molecule has 0 spiro atoms. The van der Waals surface area contributed by atoms with Crippen LogP contribution in [0.15, 0.2) is 39.2 Å². The van der Waals surface area contributed by atoms with Gasteiger partial charge in [-0.15, -0.1) is 0 Å². The summed E-state index contributed by atoms with van der Waals surface area (Å²) in [6.45, 7) is 4.27. The van der Waals surface area contributed by atoms with Crippen LogP contribution >= 0.6 is 15.9 Å². The lowest BCUT2D eigenvalue weighted by Crippen LogP contribution is -2.17. The number of hydrogen-bond donors (Lipinski definition) is 2. The Morgan fingerprint density at radius 1 is 1.40 bits per heavy atom. The van der Waals surface area contributed by atoms with Crippen LogP contribution < -0.4 is 5.32 Å². The van der Waals surface area contributed by atoms with E-state index >= 15 is 0 Å². The monoisotopic (exact) mass is 337 g/mol. The largest absolute Gasteiger partial charge is 0.475 e. The Labute approximate surface area is 125 Å². The maximum Gasteiger partial charge on any atom is 0.372 e. The summed E-state index contributed by atoms with van der Waals surface area (Å²) in [5, 5.41) is 12.3. The van der Waals surface area contributed by atoms with Gasteiger partial charge in [-0.1, -0.05) is 28.1 Å². The molecule has 5 heteroatoms. The molecule has 0 aliphatic carbocycles. The number of carbonyl (C=O) groups is 1. The minimum atomic E-state index is -1.03. The fourth-order valence-corrected chi connectivity index (χ4v) is 2.23. The Hall–Kier alpha value is -1.59. The Balaban J connectivity index is 1.99. The molecule has 0 bridgehead atoms. The van der Waals surface area contributed by atoms with E-state index in [1.54, 1.807) is 13.0 Å². The Morgan fingerprint density at radius 3 is 2.60 bits per heavy atom. The summed E-state index contributed by atoms with van der Waals surface area (Å²) in [6, 6.07) is 9.97. The average Bonchev–Trinajstić information content (AvgIpc) is 2.78. The number of benzene rings is 1. The lowest BCUT2D eigenvalue weighted by molar-refractivity contribution is 0.0659. The summed E-state index contributed by atoms with van der Waals surface area (Å²) in [4.78, 5) is 10.9. The highest BCUT2D eigenvalue weighted by Gasteiger charge is 2.14. The molecule has 1 aromatic carbocycles. The Bertz CT molecular complexity index is 604. The van der Waals surface area contributed by atoms with E-state index < -0.39 is 5.97 Å². The fourth-order valence-electron chi connectivity index (χ4n) is 1.97. The molecule has 2 N–H and O–H groups in total. The zero-order valence-electron chi connectivity index (χ0n) is 11.3. The second-order valence-electron chi connectivity index (χ2n) is 4.68. The van der Waals surface area contributed by atoms with Gasteiger partial charge in [-0.2, -0.15) is 0 Å². The maximum absolute atomic E-state index is 10.9. The van der Waals surface area contributed by atoms with Gasteiger partial charge in [0.25, 0.3) is 0 Å². The second-order valence-corrected chi connectivity index (χ2v) is 5.60. The SMILES string of the molecule is Cc1cc(CNC(C)c2ccc(Br)cc2)oc1C(=O)O. The normalized spacial score (nSPS) is 12.3. The zero-order chi connectivity index (χ0) is 14.7. The van der Waals surface area contributed by atoms with E-state index in [2.05, 4.69) is 28.2 Å². The van der Waals surface area contributed by atoms with Crippen LogP contribution in [0.4, 0.5) is 0 Å². The van der Waals surface area contributed by atoms with Crippen molar-refractivity contribution in [3.63, 3.8) is 0 Å². The van der Waals surface area contributed by atoms with E-state index in [-0.39, 0.29) is 11.8 Å². The van der Waals surface area contributed by atoms with Crippen molar-refractivity contribution in [2.24, 2.45) is 0 Å². The number of rotatable bonds is 5. The first-order chi connectivity index (χ1) is 9.47. The van der Waals surface area contributed by atoms with Gasteiger partial charge in [0.1, 0.15) is 5.76 Å². The van der Waals surface area contributed by atoms with E-state index in [4.69, 9.17) is 9.52 Å². The van der Waals surface area contributed by atoms with Gasteiger partial charge in [-0.25, -0.2) is 4.79 Å². The molecular weight excluding hydrogens is 322 g/mol. The molecule has 4 nitrogen and oxygen atoms in total. The summed E-state index contributed by atoms with van der Waals surface area (Å²) < 4.78 is 6.35. The van der Waals surface area contributed by atoms with Crippen LogP contribution in [0, 0.1) is 6.92 Å². The molecule has 0 saturated heterocycles. The molecule has 1 atom stereocenters. The van der Waals surface area contributed by atoms with Crippen molar-refractivity contribution in [2.45, 2.75) is 26.4 Å². The van der Waals surface area contributed by atoms with Crippen molar-refractivity contribution in [3.8, 4) is 0 Å². The fraction of sp³-hybridized carbons (Fsp3) is 0.267. The molecule has 20 heavy (non-hydrogen) atoms. The summed E-state index contributed by atoms with van der Waals surface area (Å²) in [6.07, 6.45) is 0. The second kappa shape index (κ2) is 6.24. The number of furan rings is 1. The number of halogens is 1. The van der Waals surface area contributed by atoms with Gasteiger partial charge in [0.15, 0.2) is 0 Å². The van der Waals surface area contributed by atoms with Crippen LogP contribution in [0.5, 0.6) is 0 Å². The van der Waals surface area contributed by atoms with E-state index in [1.807, 2.05) is 24.3 Å². The van der Waals surface area contributed by atoms with E-state index in [1.165, 1.54) is 0 Å². The quantitative estimate of drug-likeness (QED) is 0.868. The maximum atomic E-state index is 10.9. The minimum Gasteiger partial charge on any atom is -0.475 e. The number of hydrogen-bond acceptors (Lipinski definition) is 3. The lowest BCUT2D eigenvalue weighted by atomic mass is 10.1. The molecule has 0 aliphatic rings. The molecule has 0 fully saturated rings. The van der Waals surface area contributed by atoms with E-state index in [9.17, 15) is 4.79 Å². The van der Waals surface area contributed by atoms with E-state index in [0.29, 0.717) is 17.9 Å². The van der Waals surface area contributed by atoms with Crippen LogP contribution in [0.25, 0.3) is 0 Å². The molecule has 2 rings (SSSR count). The van der Waals surface area contributed by atoms with Crippen LogP contribution in [0.2, 0.25) is 0 Å². The summed E-state index contributed by atoms with van der Waals surface area (Å²) in [5.41, 5.74) is 1.81. The van der Waals surface area contributed by atoms with Crippen LogP contribution in [-0.2, 0) is 6.54 Å². The van der Waals surface area contributed by atoms with Crippen LogP contribution in [0.3, 0.4) is 0 Å². The van der Waals surface area contributed by atoms with Gasteiger partial charge < -0.3 is 14.8 Å².